The molecule has 2 aromatic rings. The van der Waals surface area contributed by atoms with Crippen LogP contribution >= 0.6 is 11.3 Å². The molecule has 0 amide bonds. The number of aromatic nitrogens is 1. The van der Waals surface area contributed by atoms with Crippen LogP contribution in [0.4, 0.5) is 10.8 Å². The fraction of sp³-hybridized carbons (Fsp3) is 0.526. The van der Waals surface area contributed by atoms with E-state index in [1.807, 2.05) is 6.07 Å². The second-order valence-electron chi connectivity index (χ2n) is 7.73. The molecule has 0 unspecified atom stereocenters. The van der Waals surface area contributed by atoms with Gasteiger partial charge in [0.2, 0.25) is 0 Å². The van der Waals surface area contributed by atoms with Gasteiger partial charge in [-0.3, -0.25) is 0 Å². The number of nitrogens with zero attached hydrogens (tertiary/aromatic N) is 1. The third-order valence-corrected chi connectivity index (χ3v) is 6.87. The zero-order chi connectivity index (χ0) is 14.6. The van der Waals surface area contributed by atoms with Crippen LogP contribution in [0.5, 0.6) is 0 Å². The molecule has 4 fully saturated rings. The summed E-state index contributed by atoms with van der Waals surface area (Å²) in [4.78, 5) is 5.00. The average molecular weight is 310 g/mol. The molecule has 0 aliphatic heterocycles. The fourth-order valence-electron chi connectivity index (χ4n) is 5.64. The first-order valence-electron chi connectivity index (χ1n) is 8.57. The maximum Gasteiger partial charge on any atom is 0.187 e. The lowest BCUT2D eigenvalue weighted by Gasteiger charge is -2.56. The third-order valence-electron chi connectivity index (χ3n) is 6.11. The van der Waals surface area contributed by atoms with Crippen molar-refractivity contribution in [2.75, 3.05) is 5.32 Å². The van der Waals surface area contributed by atoms with E-state index in [0.29, 0.717) is 5.41 Å². The van der Waals surface area contributed by atoms with Gasteiger partial charge in [0.1, 0.15) is 0 Å². The SMILES string of the molecule is c1ccc(Nc2nc(C34CC5CC(CC(C5)C3)C4)cs2)cc1. The van der Waals surface area contributed by atoms with Crippen LogP contribution in [0.25, 0.3) is 0 Å². The standard InChI is InChI=1S/C19H22N2S/c1-2-4-16(5-3-1)20-18-21-17(12-22-18)19-9-13-6-14(10-19)8-15(7-13)11-19/h1-5,12-15H,6-11H2,(H,20,21). The van der Waals surface area contributed by atoms with Crippen molar-refractivity contribution in [2.45, 2.75) is 43.9 Å². The van der Waals surface area contributed by atoms with Gasteiger partial charge in [-0.15, -0.1) is 11.3 Å². The molecular weight excluding hydrogens is 288 g/mol. The van der Waals surface area contributed by atoms with Crippen molar-refractivity contribution < 1.29 is 0 Å². The fourth-order valence-corrected chi connectivity index (χ4v) is 6.50. The van der Waals surface area contributed by atoms with E-state index in [2.05, 4.69) is 35.0 Å². The van der Waals surface area contributed by atoms with Crippen molar-refractivity contribution in [3.63, 3.8) is 0 Å². The molecule has 6 rings (SSSR count). The number of thiazole rings is 1. The van der Waals surface area contributed by atoms with E-state index in [9.17, 15) is 0 Å². The van der Waals surface area contributed by atoms with Gasteiger partial charge in [0.05, 0.1) is 5.69 Å². The van der Waals surface area contributed by atoms with Gasteiger partial charge in [-0.25, -0.2) is 4.98 Å². The largest absolute Gasteiger partial charge is 0.332 e. The molecule has 1 heterocycles. The van der Waals surface area contributed by atoms with Crippen LogP contribution < -0.4 is 5.32 Å². The Hall–Kier alpha value is -1.35. The Morgan fingerprint density at radius 2 is 1.59 bits per heavy atom. The minimum Gasteiger partial charge on any atom is -0.332 e. The Balaban J connectivity index is 1.42. The lowest BCUT2D eigenvalue weighted by molar-refractivity contribution is -0.00688. The van der Waals surface area contributed by atoms with Gasteiger partial charge in [0.15, 0.2) is 5.13 Å². The summed E-state index contributed by atoms with van der Waals surface area (Å²) in [6.45, 7) is 0. The minimum atomic E-state index is 0.419. The summed E-state index contributed by atoms with van der Waals surface area (Å²) >= 11 is 1.77. The molecule has 0 saturated heterocycles. The van der Waals surface area contributed by atoms with Gasteiger partial charge < -0.3 is 5.32 Å². The monoisotopic (exact) mass is 310 g/mol. The first-order valence-corrected chi connectivity index (χ1v) is 9.45. The molecule has 0 radical (unpaired) electrons. The van der Waals surface area contributed by atoms with Crippen LogP contribution in [0.3, 0.4) is 0 Å². The molecule has 4 aliphatic carbocycles. The van der Waals surface area contributed by atoms with E-state index in [4.69, 9.17) is 4.98 Å². The number of rotatable bonds is 3. The van der Waals surface area contributed by atoms with E-state index in [0.717, 1.165) is 28.6 Å². The number of hydrogen-bond donors (Lipinski definition) is 1. The molecule has 4 bridgehead atoms. The molecular formula is C19H22N2S. The number of para-hydroxylation sites is 1. The summed E-state index contributed by atoms with van der Waals surface area (Å²) in [5, 5.41) is 6.85. The van der Waals surface area contributed by atoms with E-state index in [1.165, 1.54) is 44.2 Å². The molecule has 22 heavy (non-hydrogen) atoms. The van der Waals surface area contributed by atoms with Gasteiger partial charge in [-0.05, 0) is 68.4 Å². The highest BCUT2D eigenvalue weighted by atomic mass is 32.1. The first-order chi connectivity index (χ1) is 10.8. The van der Waals surface area contributed by atoms with Crippen LogP contribution in [-0.2, 0) is 5.41 Å². The van der Waals surface area contributed by atoms with E-state index < -0.39 is 0 Å². The second kappa shape index (κ2) is 4.82. The lowest BCUT2D eigenvalue weighted by atomic mass is 9.49. The Labute approximate surface area is 136 Å². The molecule has 2 nitrogen and oxygen atoms in total. The van der Waals surface area contributed by atoms with Crippen LogP contribution in [0.1, 0.15) is 44.2 Å². The van der Waals surface area contributed by atoms with Crippen molar-refractivity contribution in [3.05, 3.63) is 41.4 Å². The molecule has 4 aliphatic rings. The molecule has 114 valence electrons. The Bertz CT molecular complexity index is 640. The maximum atomic E-state index is 5.00. The summed E-state index contributed by atoms with van der Waals surface area (Å²) in [5.41, 5.74) is 2.94. The Morgan fingerprint density at radius 1 is 0.955 bits per heavy atom. The van der Waals surface area contributed by atoms with Crippen LogP contribution in [-0.4, -0.2) is 4.98 Å². The minimum absolute atomic E-state index is 0.419. The summed E-state index contributed by atoms with van der Waals surface area (Å²) in [6.07, 6.45) is 8.68. The van der Waals surface area contributed by atoms with Gasteiger partial charge >= 0.3 is 0 Å². The third kappa shape index (κ3) is 2.10. The Morgan fingerprint density at radius 3 is 2.23 bits per heavy atom. The van der Waals surface area contributed by atoms with Crippen molar-refractivity contribution in [1.82, 2.24) is 4.98 Å². The van der Waals surface area contributed by atoms with Crippen LogP contribution in [0, 0.1) is 17.8 Å². The van der Waals surface area contributed by atoms with E-state index >= 15 is 0 Å². The second-order valence-corrected chi connectivity index (χ2v) is 8.58. The van der Waals surface area contributed by atoms with Crippen LogP contribution in [0.2, 0.25) is 0 Å². The van der Waals surface area contributed by atoms with Crippen LogP contribution in [0.15, 0.2) is 35.7 Å². The molecule has 4 saturated carbocycles. The van der Waals surface area contributed by atoms with Crippen molar-refractivity contribution in [3.8, 4) is 0 Å². The predicted octanol–water partition coefficient (Wildman–Crippen LogP) is 5.35. The van der Waals surface area contributed by atoms with E-state index in [1.54, 1.807) is 11.3 Å². The van der Waals surface area contributed by atoms with E-state index in [-0.39, 0.29) is 0 Å². The quantitative estimate of drug-likeness (QED) is 0.826. The first kappa shape index (κ1) is 13.1. The van der Waals surface area contributed by atoms with Gasteiger partial charge in [-0.2, -0.15) is 0 Å². The van der Waals surface area contributed by atoms with Crippen molar-refractivity contribution in [1.29, 1.82) is 0 Å². The number of anilines is 2. The normalized spacial score (nSPS) is 35.7. The summed E-state index contributed by atoms with van der Waals surface area (Å²) in [5.74, 6) is 2.95. The topological polar surface area (TPSA) is 24.9 Å². The van der Waals surface area contributed by atoms with Crippen molar-refractivity contribution >= 4 is 22.2 Å². The highest BCUT2D eigenvalue weighted by Gasteiger charge is 2.52. The maximum absolute atomic E-state index is 5.00. The number of hydrogen-bond acceptors (Lipinski definition) is 3. The average Bonchev–Trinajstić information content (AvgIpc) is 2.96. The van der Waals surface area contributed by atoms with Gasteiger partial charge in [0.25, 0.3) is 0 Å². The highest BCUT2D eigenvalue weighted by molar-refractivity contribution is 7.13. The van der Waals surface area contributed by atoms with Gasteiger partial charge in [-0.1, -0.05) is 18.2 Å². The molecule has 1 aromatic carbocycles. The smallest absolute Gasteiger partial charge is 0.187 e. The Kier molecular flexibility index (Phi) is 2.88. The summed E-state index contributed by atoms with van der Waals surface area (Å²) in [6, 6.07) is 10.4. The predicted molar refractivity (Wildman–Crippen MR) is 91.7 cm³/mol. The molecule has 0 spiro atoms. The molecule has 0 atom stereocenters. The van der Waals surface area contributed by atoms with Crippen molar-refractivity contribution in [2.24, 2.45) is 17.8 Å². The van der Waals surface area contributed by atoms with Gasteiger partial charge in [0, 0.05) is 16.5 Å². The molecule has 1 aromatic heterocycles. The number of nitrogens with one attached hydrogen (secondary N) is 1. The molecule has 1 N–H and O–H groups in total. The zero-order valence-electron chi connectivity index (χ0n) is 12.8. The molecule has 3 heteroatoms. The number of benzene rings is 1. The summed E-state index contributed by atoms with van der Waals surface area (Å²) < 4.78 is 0. The summed E-state index contributed by atoms with van der Waals surface area (Å²) in [7, 11) is 0. The zero-order valence-corrected chi connectivity index (χ0v) is 13.6. The highest BCUT2D eigenvalue weighted by Crippen LogP contribution is 2.60. The lowest BCUT2D eigenvalue weighted by Crippen LogP contribution is -2.48.